The molecule has 0 unspecified atom stereocenters. The van der Waals surface area contributed by atoms with E-state index >= 15 is 0 Å². The zero-order chi connectivity index (χ0) is 20.4. The van der Waals surface area contributed by atoms with Crippen LogP contribution in [0.3, 0.4) is 0 Å². The number of hydrogen-bond donors (Lipinski definition) is 0. The predicted octanol–water partition coefficient (Wildman–Crippen LogP) is 6.02. The first kappa shape index (κ1) is 19.0. The van der Waals surface area contributed by atoms with Gasteiger partial charge in [0.25, 0.3) is 0 Å². The van der Waals surface area contributed by atoms with Gasteiger partial charge in [-0.1, -0.05) is 35.9 Å². The number of nitrogens with zero attached hydrogens (tertiary/aromatic N) is 2. The molecule has 0 aliphatic rings. The van der Waals surface area contributed by atoms with E-state index < -0.39 is 0 Å². The first-order valence-corrected chi connectivity index (χ1v) is 9.32. The van der Waals surface area contributed by atoms with Crippen LogP contribution >= 0.6 is 11.6 Å². The first-order chi connectivity index (χ1) is 14.1. The number of benzene rings is 3. The molecule has 4 rings (SSSR count). The molecule has 146 valence electrons. The Morgan fingerprint density at radius 2 is 1.41 bits per heavy atom. The van der Waals surface area contributed by atoms with Crippen molar-refractivity contribution in [2.24, 2.45) is 0 Å². The van der Waals surface area contributed by atoms with Gasteiger partial charge in [0.1, 0.15) is 23.0 Å². The summed E-state index contributed by atoms with van der Waals surface area (Å²) in [4.78, 5) is 0. The molecular weight excluding hydrogens is 391 g/mol. The van der Waals surface area contributed by atoms with E-state index in [4.69, 9.17) is 26.2 Å². The zero-order valence-corrected chi connectivity index (χ0v) is 16.7. The SMILES string of the molecule is COc1cccc(-c2nn(-c3ccc(F)cc3)c(-c3cccc(OC)c3)c2Cl)c1. The van der Waals surface area contributed by atoms with Crippen LogP contribution in [0.15, 0.2) is 72.8 Å². The van der Waals surface area contributed by atoms with Crippen LogP contribution in [0.1, 0.15) is 0 Å². The van der Waals surface area contributed by atoms with Crippen LogP contribution in [0, 0.1) is 5.82 Å². The Kier molecular flexibility index (Phi) is 5.23. The van der Waals surface area contributed by atoms with Gasteiger partial charge in [0.05, 0.1) is 30.6 Å². The van der Waals surface area contributed by atoms with Crippen molar-refractivity contribution in [1.82, 2.24) is 9.78 Å². The Balaban J connectivity index is 1.96. The molecule has 1 heterocycles. The van der Waals surface area contributed by atoms with Crippen molar-refractivity contribution < 1.29 is 13.9 Å². The number of aromatic nitrogens is 2. The van der Waals surface area contributed by atoms with Crippen molar-refractivity contribution in [2.45, 2.75) is 0 Å². The number of halogens is 2. The van der Waals surface area contributed by atoms with Gasteiger partial charge < -0.3 is 9.47 Å². The fraction of sp³-hybridized carbons (Fsp3) is 0.0870. The molecule has 0 aliphatic carbocycles. The Hall–Kier alpha value is -3.31. The molecule has 0 bridgehead atoms. The van der Waals surface area contributed by atoms with Gasteiger partial charge in [0, 0.05) is 11.1 Å². The van der Waals surface area contributed by atoms with E-state index in [1.807, 2.05) is 48.5 Å². The van der Waals surface area contributed by atoms with Crippen LogP contribution in [-0.2, 0) is 0 Å². The second kappa shape index (κ2) is 7.97. The highest BCUT2D eigenvalue weighted by atomic mass is 35.5. The van der Waals surface area contributed by atoms with Crippen molar-refractivity contribution in [3.8, 4) is 39.7 Å². The summed E-state index contributed by atoms with van der Waals surface area (Å²) >= 11 is 6.83. The summed E-state index contributed by atoms with van der Waals surface area (Å²) < 4.78 is 25.9. The van der Waals surface area contributed by atoms with Gasteiger partial charge in [-0.3, -0.25) is 0 Å². The van der Waals surface area contributed by atoms with Gasteiger partial charge in [-0.05, 0) is 48.5 Å². The Labute approximate surface area is 173 Å². The summed E-state index contributed by atoms with van der Waals surface area (Å²) in [7, 11) is 3.22. The van der Waals surface area contributed by atoms with Crippen LogP contribution in [-0.4, -0.2) is 24.0 Å². The second-order valence-electron chi connectivity index (χ2n) is 6.36. The number of methoxy groups -OCH3 is 2. The zero-order valence-electron chi connectivity index (χ0n) is 15.9. The predicted molar refractivity (Wildman–Crippen MR) is 113 cm³/mol. The average Bonchev–Trinajstić information content (AvgIpc) is 3.11. The van der Waals surface area contributed by atoms with E-state index in [0.29, 0.717) is 33.6 Å². The molecule has 3 aromatic carbocycles. The standard InChI is InChI=1S/C23H18ClFN2O2/c1-28-19-7-3-5-15(13-19)22-21(24)23(16-6-4-8-20(14-16)29-2)27(26-22)18-11-9-17(25)10-12-18/h3-14H,1-2H3. The lowest BCUT2D eigenvalue weighted by Crippen LogP contribution is -1.99. The molecule has 0 N–H and O–H groups in total. The number of ether oxygens (including phenoxy) is 2. The molecule has 0 atom stereocenters. The molecule has 0 radical (unpaired) electrons. The lowest BCUT2D eigenvalue weighted by Gasteiger charge is -2.09. The van der Waals surface area contributed by atoms with Crippen LogP contribution in [0.25, 0.3) is 28.2 Å². The summed E-state index contributed by atoms with van der Waals surface area (Å²) in [6.45, 7) is 0. The van der Waals surface area contributed by atoms with E-state index in [1.54, 1.807) is 31.0 Å². The van der Waals surface area contributed by atoms with Gasteiger partial charge in [-0.25, -0.2) is 9.07 Å². The molecule has 0 fully saturated rings. The minimum Gasteiger partial charge on any atom is -0.497 e. The highest BCUT2D eigenvalue weighted by molar-refractivity contribution is 6.35. The van der Waals surface area contributed by atoms with E-state index in [0.717, 1.165) is 11.1 Å². The molecule has 0 saturated heterocycles. The van der Waals surface area contributed by atoms with Gasteiger partial charge in [0.2, 0.25) is 0 Å². The van der Waals surface area contributed by atoms with Gasteiger partial charge in [-0.15, -0.1) is 0 Å². The van der Waals surface area contributed by atoms with E-state index in [-0.39, 0.29) is 5.82 Å². The molecule has 6 heteroatoms. The highest BCUT2D eigenvalue weighted by Crippen LogP contribution is 2.39. The molecular formula is C23H18ClFN2O2. The molecule has 0 amide bonds. The maximum Gasteiger partial charge on any atom is 0.123 e. The molecule has 0 spiro atoms. The van der Waals surface area contributed by atoms with Crippen LogP contribution < -0.4 is 9.47 Å². The third-order valence-corrected chi connectivity index (χ3v) is 4.94. The van der Waals surface area contributed by atoms with Gasteiger partial charge in [0.15, 0.2) is 0 Å². The Bertz CT molecular complexity index is 1160. The monoisotopic (exact) mass is 408 g/mol. The largest absolute Gasteiger partial charge is 0.497 e. The quantitative estimate of drug-likeness (QED) is 0.405. The van der Waals surface area contributed by atoms with Crippen LogP contribution in [0.4, 0.5) is 4.39 Å². The molecule has 4 aromatic rings. The molecule has 4 nitrogen and oxygen atoms in total. The minimum atomic E-state index is -0.317. The lowest BCUT2D eigenvalue weighted by atomic mass is 10.1. The summed E-state index contributed by atoms with van der Waals surface area (Å²) in [5.41, 5.74) is 3.64. The van der Waals surface area contributed by atoms with Crippen LogP contribution in [0.2, 0.25) is 5.02 Å². The van der Waals surface area contributed by atoms with Crippen LogP contribution in [0.5, 0.6) is 11.5 Å². The van der Waals surface area contributed by atoms with Crippen molar-refractivity contribution >= 4 is 11.6 Å². The average molecular weight is 409 g/mol. The summed E-state index contributed by atoms with van der Waals surface area (Å²) in [6.07, 6.45) is 0. The molecule has 1 aromatic heterocycles. The number of rotatable bonds is 5. The Morgan fingerprint density at radius 1 is 0.828 bits per heavy atom. The van der Waals surface area contributed by atoms with E-state index in [9.17, 15) is 4.39 Å². The van der Waals surface area contributed by atoms with E-state index in [1.165, 1.54) is 12.1 Å². The third-order valence-electron chi connectivity index (χ3n) is 4.59. The summed E-state index contributed by atoms with van der Waals surface area (Å²) in [6, 6.07) is 21.2. The lowest BCUT2D eigenvalue weighted by molar-refractivity contribution is 0.415. The first-order valence-electron chi connectivity index (χ1n) is 8.94. The maximum absolute atomic E-state index is 13.5. The fourth-order valence-electron chi connectivity index (χ4n) is 3.14. The fourth-order valence-corrected chi connectivity index (χ4v) is 3.48. The topological polar surface area (TPSA) is 36.3 Å². The van der Waals surface area contributed by atoms with Gasteiger partial charge >= 0.3 is 0 Å². The minimum absolute atomic E-state index is 0.317. The highest BCUT2D eigenvalue weighted by Gasteiger charge is 2.21. The normalized spacial score (nSPS) is 10.8. The van der Waals surface area contributed by atoms with Crippen molar-refractivity contribution in [1.29, 1.82) is 0 Å². The third kappa shape index (κ3) is 3.69. The smallest absolute Gasteiger partial charge is 0.123 e. The van der Waals surface area contributed by atoms with Gasteiger partial charge in [-0.2, -0.15) is 5.10 Å². The van der Waals surface area contributed by atoms with Crippen molar-refractivity contribution in [2.75, 3.05) is 14.2 Å². The van der Waals surface area contributed by atoms with Crippen molar-refractivity contribution in [3.05, 3.63) is 83.6 Å². The summed E-state index contributed by atoms with van der Waals surface area (Å²) in [5, 5.41) is 5.24. The molecule has 29 heavy (non-hydrogen) atoms. The van der Waals surface area contributed by atoms with Crippen molar-refractivity contribution in [3.63, 3.8) is 0 Å². The Morgan fingerprint density at radius 3 is 2.03 bits per heavy atom. The molecule has 0 aliphatic heterocycles. The van der Waals surface area contributed by atoms with E-state index in [2.05, 4.69) is 0 Å². The maximum atomic E-state index is 13.5. The second-order valence-corrected chi connectivity index (χ2v) is 6.74. The molecule has 0 saturated carbocycles. The number of hydrogen-bond acceptors (Lipinski definition) is 3. The summed E-state index contributed by atoms with van der Waals surface area (Å²) in [5.74, 6) is 1.09.